The number of benzene rings is 5. The molecule has 518 valence electrons. The van der Waals surface area contributed by atoms with Gasteiger partial charge in [0.1, 0.15) is 5.76 Å². The fourth-order valence-electron chi connectivity index (χ4n) is 13.9. The number of rotatable bonds is 46. The first-order valence-corrected chi connectivity index (χ1v) is 38.7. The molecule has 0 saturated carbocycles. The lowest BCUT2D eigenvalue weighted by Gasteiger charge is -2.30. The third-order valence-electron chi connectivity index (χ3n) is 20.1. The summed E-state index contributed by atoms with van der Waals surface area (Å²) in [5.41, 5.74) is 12.9. The van der Waals surface area contributed by atoms with Gasteiger partial charge in [-0.25, -0.2) is 0 Å². The van der Waals surface area contributed by atoms with Crippen LogP contribution in [0.15, 0.2) is 156 Å². The second-order valence-electron chi connectivity index (χ2n) is 27.8. The van der Waals surface area contributed by atoms with Gasteiger partial charge in [0.05, 0.1) is 22.5 Å². The summed E-state index contributed by atoms with van der Waals surface area (Å²) in [5.74, 6) is -1.21. The maximum Gasteiger partial charge on any atom is 0.227 e. The van der Waals surface area contributed by atoms with Gasteiger partial charge in [-0.15, -0.1) is 0 Å². The summed E-state index contributed by atoms with van der Waals surface area (Å²) in [4.78, 5) is 46.9. The smallest absolute Gasteiger partial charge is 0.227 e. The summed E-state index contributed by atoms with van der Waals surface area (Å²) in [7, 11) is 0. The molecule has 0 aromatic heterocycles. The van der Waals surface area contributed by atoms with Crippen LogP contribution in [0.4, 0.5) is 34.1 Å². The number of unbranched alkanes of at least 4 members (excludes halogenated alkanes) is 22. The lowest BCUT2D eigenvalue weighted by Crippen LogP contribution is -2.34. The average Bonchev–Trinajstić information content (AvgIpc) is 0.734. The Hall–Kier alpha value is -7.06. The number of nitrogens with zero attached hydrogens (tertiary/aromatic N) is 2. The fourth-order valence-corrected chi connectivity index (χ4v) is 13.9. The number of allylic oxidation sites excluding steroid dienone is 5. The molecule has 0 bridgehead atoms. The van der Waals surface area contributed by atoms with E-state index in [9.17, 15) is 14.7 Å². The minimum absolute atomic E-state index is 0.108. The van der Waals surface area contributed by atoms with E-state index in [0.717, 1.165) is 124 Å². The molecule has 8 heteroatoms. The molecule has 5 aromatic rings. The predicted molar refractivity (Wildman–Crippen MR) is 411 cm³/mol. The zero-order valence-corrected chi connectivity index (χ0v) is 60.9. The van der Waals surface area contributed by atoms with Crippen molar-refractivity contribution in [1.29, 1.82) is 0 Å². The zero-order valence-electron chi connectivity index (χ0n) is 60.9. The normalized spacial score (nSPS) is 14.4. The molecular weight excluding hydrogens is 1180 g/mol. The van der Waals surface area contributed by atoms with Gasteiger partial charge in [0, 0.05) is 76.5 Å². The Morgan fingerprint density at radius 2 is 0.781 bits per heavy atom. The molecule has 0 fully saturated rings. The van der Waals surface area contributed by atoms with E-state index in [1.165, 1.54) is 151 Å². The highest BCUT2D eigenvalue weighted by atomic mass is 16.3. The highest BCUT2D eigenvalue weighted by Gasteiger charge is 2.40. The summed E-state index contributed by atoms with van der Waals surface area (Å²) in [5, 5.41) is 19.4. The van der Waals surface area contributed by atoms with Crippen LogP contribution in [0.3, 0.4) is 0 Å². The summed E-state index contributed by atoms with van der Waals surface area (Å²) >= 11 is 0. The maximum absolute atomic E-state index is 15.4. The van der Waals surface area contributed by atoms with E-state index in [2.05, 4.69) is 173 Å². The van der Waals surface area contributed by atoms with Crippen molar-refractivity contribution in [3.8, 4) is 0 Å². The summed E-state index contributed by atoms with van der Waals surface area (Å²) in [6.45, 7) is 17.5. The Labute approximate surface area is 581 Å². The van der Waals surface area contributed by atoms with E-state index in [0.29, 0.717) is 35.4 Å². The van der Waals surface area contributed by atoms with Crippen LogP contribution >= 0.6 is 0 Å². The lowest BCUT2D eigenvalue weighted by molar-refractivity contribution is -0.124. The van der Waals surface area contributed by atoms with Gasteiger partial charge in [-0.2, -0.15) is 4.58 Å². The molecule has 0 saturated heterocycles. The third-order valence-corrected chi connectivity index (χ3v) is 20.1. The SMILES string of the molecule is CCCCCCCCc1ccc(N(c2ccc(CCCCCCCC)cc2)c2ccc(C3=C(O)/C(=C4/C=CC(=[N+](c5ccc(CCCCCCCC)cc5)c5ccc(CCCCCCCC)cc5)C=C4NC(=O)C(CC)CCCC)C3=O)c(NC(=O)C(CC)CCCC)c2)cc1. The van der Waals surface area contributed by atoms with E-state index >= 15 is 4.79 Å². The lowest BCUT2D eigenvalue weighted by atomic mass is 9.78. The molecule has 2 atom stereocenters. The number of hydrogen-bond donors (Lipinski definition) is 3. The largest absolute Gasteiger partial charge is 0.506 e. The van der Waals surface area contributed by atoms with E-state index in [4.69, 9.17) is 0 Å². The monoisotopic (exact) mass is 1300 g/mol. The third kappa shape index (κ3) is 23.0. The summed E-state index contributed by atoms with van der Waals surface area (Å²) in [6, 6.07) is 41.6. The Bertz CT molecular complexity index is 3200. The summed E-state index contributed by atoms with van der Waals surface area (Å²) in [6.07, 6.45) is 46.6. The van der Waals surface area contributed by atoms with Crippen LogP contribution in [0, 0.1) is 11.8 Å². The fraction of sp³-hybridized carbons (Fsp3) is 0.523. The molecular formula is C88H123N4O4+. The van der Waals surface area contributed by atoms with Gasteiger partial charge in [0.25, 0.3) is 0 Å². The molecule has 0 heterocycles. The molecule has 8 nitrogen and oxygen atoms in total. The number of Topliss-reactive ketones (excluding diaryl/α,β-unsaturated/α-hetero) is 1. The molecule has 2 aliphatic carbocycles. The van der Waals surface area contributed by atoms with Crippen LogP contribution < -0.4 is 20.1 Å². The van der Waals surface area contributed by atoms with Crippen LogP contribution in [-0.2, 0) is 40.1 Å². The van der Waals surface area contributed by atoms with Gasteiger partial charge in [0.15, 0.2) is 0 Å². The van der Waals surface area contributed by atoms with Crippen molar-refractivity contribution in [1.82, 2.24) is 9.89 Å². The van der Waals surface area contributed by atoms with Crippen molar-refractivity contribution in [2.24, 2.45) is 11.8 Å². The Morgan fingerprint density at radius 1 is 0.417 bits per heavy atom. The summed E-state index contributed by atoms with van der Waals surface area (Å²) < 4.78 is 2.24. The Kier molecular flexibility index (Phi) is 33.8. The molecule has 3 N–H and O–H groups in total. The molecule has 7 rings (SSSR count). The highest BCUT2D eigenvalue weighted by Crippen LogP contribution is 2.46. The van der Waals surface area contributed by atoms with Gasteiger partial charge >= 0.3 is 0 Å². The topological polar surface area (TPSA) is 102 Å². The van der Waals surface area contributed by atoms with Crippen LogP contribution in [0.5, 0.6) is 0 Å². The molecule has 0 radical (unpaired) electrons. The number of carbonyl (C=O) groups is 3. The number of hydrogen-bond acceptors (Lipinski definition) is 5. The van der Waals surface area contributed by atoms with E-state index in [1.54, 1.807) is 0 Å². The first-order chi connectivity index (χ1) is 47.0. The van der Waals surface area contributed by atoms with Crippen molar-refractivity contribution in [3.05, 3.63) is 184 Å². The van der Waals surface area contributed by atoms with Crippen molar-refractivity contribution >= 4 is 63.0 Å². The number of aliphatic hydroxyl groups is 1. The average molecular weight is 1300 g/mol. The second kappa shape index (κ2) is 42.6. The molecule has 0 spiro atoms. The Morgan fingerprint density at radius 3 is 1.17 bits per heavy atom. The van der Waals surface area contributed by atoms with Crippen molar-refractivity contribution in [2.75, 3.05) is 10.2 Å². The molecule has 2 unspecified atom stereocenters. The standard InChI is InChI=1S/C88H122N4O4/c1-9-17-23-27-31-35-39-67-45-53-73(54-46-67)91(74-55-47-68(48-56-74)40-36-32-28-24-18-10-2)77-61-63-79(81(65-77)89-87(95)71(15-7)43-21-13-5)83-85(93)84(86(83)94)80-64-62-78(66-82(80)90-88(96)72(16-8)44-22-14-6)92(75-57-49-69(50-58-75)41-37-33-29-25-19-11-3)76-59-51-70(52-60-76)42-38-34-30-26-20-12-4/h45-66,71-72H,9-44H2,1-8H3,(H2,89,90,93,94,95,96)/p+1. The first-order valence-electron chi connectivity index (χ1n) is 38.7. The van der Waals surface area contributed by atoms with E-state index in [-0.39, 0.29) is 46.3 Å². The second-order valence-corrected chi connectivity index (χ2v) is 27.8. The minimum Gasteiger partial charge on any atom is -0.506 e. The van der Waals surface area contributed by atoms with E-state index < -0.39 is 0 Å². The molecule has 96 heavy (non-hydrogen) atoms. The van der Waals surface area contributed by atoms with Gasteiger partial charge in [-0.05, 0) is 148 Å². The van der Waals surface area contributed by atoms with Crippen molar-refractivity contribution in [2.45, 2.75) is 287 Å². The number of nitrogens with one attached hydrogen (secondary N) is 2. The van der Waals surface area contributed by atoms with Crippen molar-refractivity contribution in [3.63, 3.8) is 0 Å². The van der Waals surface area contributed by atoms with Crippen LogP contribution in [0.25, 0.3) is 5.57 Å². The quantitative estimate of drug-likeness (QED) is 0.0205. The van der Waals surface area contributed by atoms with Crippen molar-refractivity contribution < 1.29 is 19.5 Å². The Balaban J connectivity index is 1.33. The highest BCUT2D eigenvalue weighted by molar-refractivity contribution is 6.40. The maximum atomic E-state index is 15.4. The number of aliphatic hydroxyl groups excluding tert-OH is 1. The van der Waals surface area contributed by atoms with Gasteiger partial charge < -0.3 is 20.6 Å². The minimum atomic E-state index is -0.354. The zero-order chi connectivity index (χ0) is 68.3. The number of carbonyl (C=O) groups excluding carboxylic acids is 3. The predicted octanol–water partition coefficient (Wildman–Crippen LogP) is 24.8. The van der Waals surface area contributed by atoms with Gasteiger partial charge in [0.2, 0.25) is 34.7 Å². The van der Waals surface area contributed by atoms with Crippen LogP contribution in [-0.4, -0.2) is 28.4 Å². The van der Waals surface area contributed by atoms with Crippen LogP contribution in [0.2, 0.25) is 0 Å². The number of aryl methyl sites for hydroxylation is 4. The number of anilines is 4. The molecule has 2 amide bonds. The first kappa shape index (κ1) is 76.3. The number of ketones is 1. The number of amides is 2. The molecule has 0 aliphatic heterocycles. The molecule has 5 aromatic carbocycles. The van der Waals surface area contributed by atoms with Crippen LogP contribution in [0.1, 0.15) is 289 Å². The molecule has 2 aliphatic rings. The van der Waals surface area contributed by atoms with Gasteiger partial charge in [-0.1, -0.05) is 258 Å². The van der Waals surface area contributed by atoms with E-state index in [1.807, 2.05) is 36.4 Å². The van der Waals surface area contributed by atoms with Gasteiger partial charge in [-0.3, -0.25) is 14.4 Å².